The maximum absolute atomic E-state index is 12.0. The Hall–Kier alpha value is -2.20. The molecule has 0 aliphatic heterocycles. The molecule has 4 heteroatoms. The van der Waals surface area contributed by atoms with E-state index in [9.17, 15) is 4.79 Å². The van der Waals surface area contributed by atoms with E-state index in [0.29, 0.717) is 11.0 Å². The Balaban J connectivity index is 2.41. The molecule has 0 N–H and O–H groups in total. The summed E-state index contributed by atoms with van der Waals surface area (Å²) in [4.78, 5) is 16.4. The molecule has 0 saturated carbocycles. The van der Waals surface area contributed by atoms with E-state index in [4.69, 9.17) is 4.42 Å². The molecule has 3 nitrogen and oxygen atoms in total. The Labute approximate surface area is 105 Å². The van der Waals surface area contributed by atoms with Crippen LogP contribution in [0.2, 0.25) is 0 Å². The molecule has 0 amide bonds. The fourth-order valence-electron chi connectivity index (χ4n) is 2.23. The van der Waals surface area contributed by atoms with Crippen LogP contribution >= 0.6 is 11.3 Å². The summed E-state index contributed by atoms with van der Waals surface area (Å²) in [5, 5.41) is 4.35. The van der Waals surface area contributed by atoms with Gasteiger partial charge in [-0.3, -0.25) is 4.98 Å². The van der Waals surface area contributed by atoms with Gasteiger partial charge in [-0.1, -0.05) is 18.2 Å². The van der Waals surface area contributed by atoms with Crippen LogP contribution in [0.25, 0.3) is 32.0 Å². The molecule has 0 radical (unpaired) electrons. The molecule has 0 saturated heterocycles. The standard InChI is InChI=1S/C14H7NO2S/c16-14-9-4-2-1-3-8(9)12-13(17-14)10-5-6-18-11(10)7-15-12/h1-7H. The Bertz CT molecular complexity index is 952. The van der Waals surface area contributed by atoms with Gasteiger partial charge in [-0.25, -0.2) is 4.79 Å². The zero-order valence-corrected chi connectivity index (χ0v) is 10.0. The average molecular weight is 253 g/mol. The van der Waals surface area contributed by atoms with E-state index in [1.165, 1.54) is 0 Å². The smallest absolute Gasteiger partial charge is 0.344 e. The molecule has 1 aromatic carbocycles. The van der Waals surface area contributed by atoms with Crippen molar-refractivity contribution in [2.75, 3.05) is 0 Å². The van der Waals surface area contributed by atoms with Gasteiger partial charge in [0.25, 0.3) is 0 Å². The Morgan fingerprint density at radius 3 is 2.78 bits per heavy atom. The molecule has 0 spiro atoms. The van der Waals surface area contributed by atoms with E-state index in [0.717, 1.165) is 21.0 Å². The van der Waals surface area contributed by atoms with Crippen molar-refractivity contribution in [1.82, 2.24) is 4.98 Å². The lowest BCUT2D eigenvalue weighted by Crippen LogP contribution is -2.00. The third-order valence-corrected chi connectivity index (χ3v) is 3.91. The SMILES string of the molecule is O=c1oc2c3ccsc3cnc2c2ccccc12. The van der Waals surface area contributed by atoms with Crippen molar-refractivity contribution in [3.05, 3.63) is 52.3 Å². The summed E-state index contributed by atoms with van der Waals surface area (Å²) in [5.41, 5.74) is 1.02. The molecule has 3 heterocycles. The molecule has 3 aromatic heterocycles. The number of aromatic nitrogens is 1. The van der Waals surface area contributed by atoms with Crippen LogP contribution in [0.4, 0.5) is 0 Å². The van der Waals surface area contributed by atoms with Crippen molar-refractivity contribution in [2.45, 2.75) is 0 Å². The molecule has 86 valence electrons. The highest BCUT2D eigenvalue weighted by atomic mass is 32.1. The molecule has 0 bridgehead atoms. The molecular weight excluding hydrogens is 246 g/mol. The summed E-state index contributed by atoms with van der Waals surface area (Å²) < 4.78 is 6.46. The number of hydrogen-bond donors (Lipinski definition) is 0. The number of hydrogen-bond acceptors (Lipinski definition) is 4. The molecule has 0 aliphatic carbocycles. The van der Waals surface area contributed by atoms with E-state index in [1.54, 1.807) is 17.4 Å². The van der Waals surface area contributed by atoms with Gasteiger partial charge in [0.1, 0.15) is 5.52 Å². The summed E-state index contributed by atoms with van der Waals surface area (Å²) in [6, 6.07) is 9.36. The largest absolute Gasteiger partial charge is 0.420 e. The van der Waals surface area contributed by atoms with Crippen molar-refractivity contribution in [3.8, 4) is 0 Å². The number of pyridine rings is 1. The second kappa shape index (κ2) is 3.40. The Morgan fingerprint density at radius 2 is 1.89 bits per heavy atom. The normalized spacial score (nSPS) is 11.6. The summed E-state index contributed by atoms with van der Waals surface area (Å²) in [6.45, 7) is 0. The molecule has 0 aliphatic rings. The van der Waals surface area contributed by atoms with Crippen LogP contribution in [-0.2, 0) is 0 Å². The van der Waals surface area contributed by atoms with Crippen LogP contribution in [0, 0.1) is 0 Å². The molecule has 18 heavy (non-hydrogen) atoms. The molecule has 0 fully saturated rings. The van der Waals surface area contributed by atoms with E-state index in [1.807, 2.05) is 35.8 Å². The van der Waals surface area contributed by atoms with Gasteiger partial charge in [-0.2, -0.15) is 0 Å². The van der Waals surface area contributed by atoms with Crippen molar-refractivity contribution < 1.29 is 4.42 Å². The first-order chi connectivity index (χ1) is 8.84. The minimum atomic E-state index is -0.307. The fourth-order valence-corrected chi connectivity index (χ4v) is 2.98. The molecule has 4 rings (SSSR count). The van der Waals surface area contributed by atoms with Crippen LogP contribution in [0.5, 0.6) is 0 Å². The second-order valence-corrected chi connectivity index (χ2v) is 5.02. The van der Waals surface area contributed by atoms with Gasteiger partial charge in [0, 0.05) is 17.0 Å². The summed E-state index contributed by atoms with van der Waals surface area (Å²) >= 11 is 1.59. The highest BCUT2D eigenvalue weighted by Crippen LogP contribution is 2.29. The quantitative estimate of drug-likeness (QED) is 0.450. The lowest BCUT2D eigenvalue weighted by molar-refractivity contribution is 0.572. The topological polar surface area (TPSA) is 43.1 Å². The summed E-state index contributed by atoms with van der Waals surface area (Å²) in [5.74, 6) is 0. The predicted octanol–water partition coefficient (Wildman–Crippen LogP) is 3.56. The zero-order valence-electron chi connectivity index (χ0n) is 9.21. The lowest BCUT2D eigenvalue weighted by Gasteiger charge is -2.01. The average Bonchev–Trinajstić information content (AvgIpc) is 2.88. The van der Waals surface area contributed by atoms with Crippen molar-refractivity contribution in [1.29, 1.82) is 0 Å². The van der Waals surface area contributed by atoms with Crippen LogP contribution in [0.15, 0.2) is 51.1 Å². The first-order valence-corrected chi connectivity index (χ1v) is 6.40. The zero-order chi connectivity index (χ0) is 12.1. The predicted molar refractivity (Wildman–Crippen MR) is 73.2 cm³/mol. The maximum atomic E-state index is 12.0. The monoisotopic (exact) mass is 253 g/mol. The van der Waals surface area contributed by atoms with Gasteiger partial charge < -0.3 is 4.42 Å². The van der Waals surface area contributed by atoms with Gasteiger partial charge >= 0.3 is 5.63 Å². The number of benzene rings is 1. The maximum Gasteiger partial charge on any atom is 0.344 e. The molecular formula is C14H7NO2S. The van der Waals surface area contributed by atoms with Crippen molar-refractivity contribution in [2.24, 2.45) is 0 Å². The lowest BCUT2D eigenvalue weighted by atomic mass is 10.1. The summed E-state index contributed by atoms with van der Waals surface area (Å²) in [6.07, 6.45) is 1.83. The fraction of sp³-hybridized carbons (Fsp3) is 0. The molecule has 4 aromatic rings. The highest BCUT2D eigenvalue weighted by molar-refractivity contribution is 7.17. The minimum Gasteiger partial charge on any atom is -0.420 e. The van der Waals surface area contributed by atoms with Gasteiger partial charge in [0.2, 0.25) is 0 Å². The highest BCUT2D eigenvalue weighted by Gasteiger charge is 2.11. The van der Waals surface area contributed by atoms with Crippen molar-refractivity contribution >= 4 is 43.3 Å². The van der Waals surface area contributed by atoms with Crippen LogP contribution < -0.4 is 5.63 Å². The van der Waals surface area contributed by atoms with E-state index >= 15 is 0 Å². The van der Waals surface area contributed by atoms with Crippen LogP contribution in [0.1, 0.15) is 0 Å². The van der Waals surface area contributed by atoms with E-state index < -0.39 is 0 Å². The number of nitrogens with zero attached hydrogens (tertiary/aromatic N) is 1. The Morgan fingerprint density at radius 1 is 1.06 bits per heavy atom. The first kappa shape index (κ1) is 9.79. The Kier molecular flexibility index (Phi) is 1.85. The third kappa shape index (κ3) is 1.18. The first-order valence-electron chi connectivity index (χ1n) is 5.52. The van der Waals surface area contributed by atoms with E-state index in [2.05, 4.69) is 4.98 Å². The second-order valence-electron chi connectivity index (χ2n) is 4.07. The van der Waals surface area contributed by atoms with E-state index in [-0.39, 0.29) is 5.63 Å². The van der Waals surface area contributed by atoms with Crippen molar-refractivity contribution in [3.63, 3.8) is 0 Å². The van der Waals surface area contributed by atoms with Crippen LogP contribution in [0.3, 0.4) is 0 Å². The minimum absolute atomic E-state index is 0.307. The molecule has 0 unspecified atom stereocenters. The molecule has 0 atom stereocenters. The van der Waals surface area contributed by atoms with Crippen LogP contribution in [-0.4, -0.2) is 4.98 Å². The number of fused-ring (bicyclic) bond motifs is 5. The van der Waals surface area contributed by atoms with Gasteiger partial charge in [0.15, 0.2) is 5.58 Å². The number of thiophene rings is 1. The van der Waals surface area contributed by atoms with Gasteiger partial charge in [0.05, 0.1) is 10.1 Å². The van der Waals surface area contributed by atoms with Gasteiger partial charge in [-0.15, -0.1) is 11.3 Å². The third-order valence-electron chi connectivity index (χ3n) is 3.06. The number of rotatable bonds is 0. The van der Waals surface area contributed by atoms with Gasteiger partial charge in [-0.05, 0) is 17.5 Å². The summed E-state index contributed by atoms with van der Waals surface area (Å²) in [7, 11) is 0.